The summed E-state index contributed by atoms with van der Waals surface area (Å²) in [5.74, 6) is 0.759. The second-order valence-electron chi connectivity index (χ2n) is 4.31. The van der Waals surface area contributed by atoms with Crippen LogP contribution in [0.15, 0.2) is 0 Å². The molecule has 0 rings (SSSR count). The molecule has 0 aromatic rings. The van der Waals surface area contributed by atoms with Crippen molar-refractivity contribution in [1.29, 1.82) is 0 Å². The van der Waals surface area contributed by atoms with Crippen molar-refractivity contribution in [1.82, 2.24) is 9.80 Å². The van der Waals surface area contributed by atoms with Gasteiger partial charge in [-0.05, 0) is 46.1 Å². The molecule has 0 amide bonds. The van der Waals surface area contributed by atoms with Crippen LogP contribution >= 0.6 is 15.9 Å². The average Bonchev–Trinajstić information content (AvgIpc) is 2.15. The van der Waals surface area contributed by atoms with E-state index in [-0.39, 0.29) is 0 Å². The zero-order valence-electron chi connectivity index (χ0n) is 10.1. The van der Waals surface area contributed by atoms with Gasteiger partial charge in [0.05, 0.1) is 0 Å². The van der Waals surface area contributed by atoms with Crippen LogP contribution in [0.25, 0.3) is 0 Å². The maximum atomic E-state index is 3.53. The molecule has 0 aromatic carbocycles. The first-order valence-electron chi connectivity index (χ1n) is 5.53. The number of alkyl halides is 1. The van der Waals surface area contributed by atoms with Gasteiger partial charge in [-0.2, -0.15) is 0 Å². The van der Waals surface area contributed by atoms with E-state index in [9.17, 15) is 0 Å². The van der Waals surface area contributed by atoms with Gasteiger partial charge in [-0.3, -0.25) is 0 Å². The summed E-state index contributed by atoms with van der Waals surface area (Å²) in [5, 5.41) is 1.11. The van der Waals surface area contributed by atoms with Gasteiger partial charge in [0.2, 0.25) is 0 Å². The van der Waals surface area contributed by atoms with Crippen LogP contribution in [0.4, 0.5) is 0 Å². The van der Waals surface area contributed by atoms with Crippen LogP contribution in [-0.4, -0.2) is 55.4 Å². The maximum Gasteiger partial charge on any atom is 0.00692 e. The minimum atomic E-state index is 0.759. The molecule has 0 spiro atoms. The van der Waals surface area contributed by atoms with Gasteiger partial charge in [-0.1, -0.05) is 29.8 Å². The molecule has 0 N–H and O–H groups in total. The fraction of sp³-hybridized carbons (Fsp3) is 1.00. The van der Waals surface area contributed by atoms with E-state index in [0.29, 0.717) is 0 Å². The Balaban J connectivity index is 3.57. The number of halogens is 1. The number of hydrogen-bond donors (Lipinski definition) is 0. The molecule has 0 fully saturated rings. The molecular weight excluding hydrogens is 240 g/mol. The molecule has 0 aliphatic carbocycles. The monoisotopic (exact) mass is 264 g/mol. The van der Waals surface area contributed by atoms with E-state index in [1.165, 1.54) is 32.6 Å². The predicted molar refractivity (Wildman–Crippen MR) is 68.2 cm³/mol. The zero-order valence-corrected chi connectivity index (χ0v) is 11.7. The molecule has 2 nitrogen and oxygen atoms in total. The van der Waals surface area contributed by atoms with Crippen molar-refractivity contribution in [2.24, 2.45) is 5.92 Å². The summed E-state index contributed by atoms with van der Waals surface area (Å²) in [4.78, 5) is 4.79. The van der Waals surface area contributed by atoms with E-state index in [0.717, 1.165) is 11.2 Å². The first kappa shape index (κ1) is 14.4. The van der Waals surface area contributed by atoms with Crippen LogP contribution in [0.2, 0.25) is 0 Å². The van der Waals surface area contributed by atoms with E-state index in [1.54, 1.807) is 0 Å². The molecular formula is C11H25BrN2. The normalized spacial score (nSPS) is 13.9. The van der Waals surface area contributed by atoms with E-state index in [2.05, 4.69) is 53.7 Å². The van der Waals surface area contributed by atoms with Crippen LogP contribution < -0.4 is 0 Å². The third-order valence-corrected chi connectivity index (χ3v) is 3.47. The molecule has 86 valence electrons. The van der Waals surface area contributed by atoms with Gasteiger partial charge in [-0.15, -0.1) is 0 Å². The number of nitrogens with zero attached hydrogens (tertiary/aromatic N) is 2. The quantitative estimate of drug-likeness (QED) is 0.621. The van der Waals surface area contributed by atoms with Crippen molar-refractivity contribution < 1.29 is 0 Å². The molecule has 0 aromatic heterocycles. The second-order valence-corrected chi connectivity index (χ2v) is 4.96. The van der Waals surface area contributed by atoms with Crippen LogP contribution in [0.1, 0.15) is 20.3 Å². The molecule has 0 bridgehead atoms. The van der Waals surface area contributed by atoms with Gasteiger partial charge in [0.25, 0.3) is 0 Å². The molecule has 1 atom stereocenters. The summed E-state index contributed by atoms with van der Waals surface area (Å²) in [6.07, 6.45) is 1.27. The van der Waals surface area contributed by atoms with Gasteiger partial charge in [0.1, 0.15) is 0 Å². The first-order valence-corrected chi connectivity index (χ1v) is 6.65. The van der Waals surface area contributed by atoms with Gasteiger partial charge in [0, 0.05) is 11.9 Å². The summed E-state index contributed by atoms with van der Waals surface area (Å²) in [6.45, 7) is 9.35. The third kappa shape index (κ3) is 7.77. The van der Waals surface area contributed by atoms with Gasteiger partial charge < -0.3 is 9.80 Å². The van der Waals surface area contributed by atoms with Crippen molar-refractivity contribution in [2.75, 3.05) is 45.6 Å². The Morgan fingerprint density at radius 1 is 1.21 bits per heavy atom. The SMILES string of the molecule is CCN(CCCN(C)C)CC(C)CBr. The van der Waals surface area contributed by atoms with Crippen molar-refractivity contribution in [3.05, 3.63) is 0 Å². The lowest BCUT2D eigenvalue weighted by Crippen LogP contribution is -2.31. The lowest BCUT2D eigenvalue weighted by atomic mass is 10.2. The topological polar surface area (TPSA) is 6.48 Å². The largest absolute Gasteiger partial charge is 0.309 e. The van der Waals surface area contributed by atoms with Crippen molar-refractivity contribution in [3.8, 4) is 0 Å². The highest BCUT2D eigenvalue weighted by Gasteiger charge is 2.07. The van der Waals surface area contributed by atoms with Crippen molar-refractivity contribution in [3.63, 3.8) is 0 Å². The van der Waals surface area contributed by atoms with Gasteiger partial charge in [0.15, 0.2) is 0 Å². The maximum absolute atomic E-state index is 3.53. The lowest BCUT2D eigenvalue weighted by molar-refractivity contribution is 0.243. The van der Waals surface area contributed by atoms with Crippen LogP contribution in [0.5, 0.6) is 0 Å². The Bertz CT molecular complexity index is 128. The second kappa shape index (κ2) is 8.69. The number of hydrogen-bond acceptors (Lipinski definition) is 2. The highest BCUT2D eigenvalue weighted by molar-refractivity contribution is 9.09. The molecule has 0 saturated heterocycles. The Morgan fingerprint density at radius 3 is 2.29 bits per heavy atom. The Kier molecular flexibility index (Phi) is 8.94. The minimum absolute atomic E-state index is 0.759. The highest BCUT2D eigenvalue weighted by Crippen LogP contribution is 2.04. The Labute approximate surface area is 97.8 Å². The predicted octanol–water partition coefficient (Wildman–Crippen LogP) is 2.29. The van der Waals surface area contributed by atoms with E-state index in [1.807, 2.05) is 0 Å². The third-order valence-electron chi connectivity index (χ3n) is 2.36. The summed E-state index contributed by atoms with van der Waals surface area (Å²) >= 11 is 3.53. The molecule has 0 heterocycles. The smallest absolute Gasteiger partial charge is 0.00692 e. The fourth-order valence-corrected chi connectivity index (χ4v) is 1.68. The van der Waals surface area contributed by atoms with Crippen LogP contribution in [0.3, 0.4) is 0 Å². The summed E-state index contributed by atoms with van der Waals surface area (Å²) in [5.41, 5.74) is 0. The van der Waals surface area contributed by atoms with E-state index >= 15 is 0 Å². The summed E-state index contributed by atoms with van der Waals surface area (Å²) < 4.78 is 0. The molecule has 0 radical (unpaired) electrons. The molecule has 14 heavy (non-hydrogen) atoms. The molecule has 0 aliphatic heterocycles. The zero-order chi connectivity index (χ0) is 11.0. The van der Waals surface area contributed by atoms with Gasteiger partial charge >= 0.3 is 0 Å². The summed E-state index contributed by atoms with van der Waals surface area (Å²) in [7, 11) is 4.27. The van der Waals surface area contributed by atoms with Gasteiger partial charge in [-0.25, -0.2) is 0 Å². The Morgan fingerprint density at radius 2 is 1.86 bits per heavy atom. The average molecular weight is 265 g/mol. The molecule has 3 heteroatoms. The standard InChI is InChI=1S/C11H25BrN2/c1-5-14(10-11(2)9-12)8-6-7-13(3)4/h11H,5-10H2,1-4H3. The van der Waals surface area contributed by atoms with Crippen LogP contribution in [-0.2, 0) is 0 Å². The lowest BCUT2D eigenvalue weighted by Gasteiger charge is -2.23. The molecule has 1 unspecified atom stereocenters. The Hall–Kier alpha value is 0.400. The van der Waals surface area contributed by atoms with E-state index in [4.69, 9.17) is 0 Å². The summed E-state index contributed by atoms with van der Waals surface area (Å²) in [6, 6.07) is 0. The van der Waals surface area contributed by atoms with E-state index < -0.39 is 0 Å². The highest BCUT2D eigenvalue weighted by atomic mass is 79.9. The minimum Gasteiger partial charge on any atom is -0.309 e. The molecule has 0 saturated carbocycles. The van der Waals surface area contributed by atoms with Crippen molar-refractivity contribution in [2.45, 2.75) is 20.3 Å². The number of rotatable bonds is 8. The molecule has 0 aliphatic rings. The first-order chi connectivity index (χ1) is 6.60. The van der Waals surface area contributed by atoms with Crippen molar-refractivity contribution >= 4 is 15.9 Å². The van der Waals surface area contributed by atoms with Crippen LogP contribution in [0, 0.1) is 5.92 Å². The fourth-order valence-electron chi connectivity index (χ4n) is 1.48.